The predicted octanol–water partition coefficient (Wildman–Crippen LogP) is 3.57. The number of rotatable bonds is 6. The van der Waals surface area contributed by atoms with E-state index >= 15 is 0 Å². The van der Waals surface area contributed by atoms with E-state index in [1.54, 1.807) is 23.1 Å². The van der Waals surface area contributed by atoms with Crippen molar-refractivity contribution in [2.45, 2.75) is 78.2 Å². The van der Waals surface area contributed by atoms with Crippen LogP contribution >= 0.6 is 0 Å². The molecule has 1 aromatic rings. The number of fused-ring (bicyclic) bond motifs is 1. The third-order valence-corrected chi connectivity index (χ3v) is 6.27. The largest absolute Gasteiger partial charge is 0.490 e. The molecule has 9 heteroatoms. The number of carbonyl (C=O) groups is 2. The Kier molecular flexibility index (Phi) is 11.9. The van der Waals surface area contributed by atoms with Gasteiger partial charge in [-0.15, -0.1) is 0 Å². The molecule has 3 amide bonds. The maximum Gasteiger partial charge on any atom is 0.319 e. The maximum atomic E-state index is 14.0. The van der Waals surface area contributed by atoms with E-state index in [9.17, 15) is 14.7 Å². The highest BCUT2D eigenvalue weighted by Crippen LogP contribution is 2.28. The number of nitrogens with one attached hydrogen (secondary N) is 2. The first-order valence-corrected chi connectivity index (χ1v) is 13.1. The van der Waals surface area contributed by atoms with Gasteiger partial charge in [0.25, 0.3) is 5.91 Å². The lowest BCUT2D eigenvalue weighted by Crippen LogP contribution is -2.47. The van der Waals surface area contributed by atoms with Gasteiger partial charge in [0.2, 0.25) is 0 Å². The minimum atomic E-state index is -0.404. The number of nitrogens with zero attached hydrogens (tertiary/aromatic N) is 2. The molecular weight excluding hydrogens is 460 g/mol. The lowest BCUT2D eigenvalue weighted by Gasteiger charge is -2.35. The molecule has 0 radical (unpaired) electrons. The second-order valence-corrected chi connectivity index (χ2v) is 10.5. The van der Waals surface area contributed by atoms with Gasteiger partial charge in [0.1, 0.15) is 5.75 Å². The summed E-state index contributed by atoms with van der Waals surface area (Å²) >= 11 is 0. The van der Waals surface area contributed by atoms with Gasteiger partial charge in [-0.25, -0.2) is 4.79 Å². The van der Waals surface area contributed by atoms with Crippen LogP contribution in [0.2, 0.25) is 0 Å². The number of hydrogen-bond donors (Lipinski definition) is 3. The van der Waals surface area contributed by atoms with Crippen molar-refractivity contribution in [1.29, 1.82) is 0 Å². The topological polar surface area (TPSA) is 103 Å². The maximum absolute atomic E-state index is 14.0. The molecule has 9 nitrogen and oxygen atoms in total. The molecule has 36 heavy (non-hydrogen) atoms. The van der Waals surface area contributed by atoms with E-state index in [1.165, 1.54) is 0 Å². The van der Waals surface area contributed by atoms with Crippen molar-refractivity contribution in [2.75, 3.05) is 45.7 Å². The quantitative estimate of drug-likeness (QED) is 0.545. The molecule has 3 N–H and O–H groups in total. The third-order valence-electron chi connectivity index (χ3n) is 6.27. The van der Waals surface area contributed by atoms with Gasteiger partial charge in [0.05, 0.1) is 30.4 Å². The predicted molar refractivity (Wildman–Crippen MR) is 143 cm³/mol. The standard InChI is InChI=1S/C27H46N4O5/c1-18(2)28-27(34)29-22-11-12-24-23(14-22)26(33)31(20(4)17-32)15-19(3)25(16-30(6)7)35-13-9-8-10-21(5)36-24/h11-12,14,18-21,25,32H,8-10,13,15-17H2,1-7H3,(H2,28,29,34)/t19-,20+,21+,25-/m1/s1. The van der Waals surface area contributed by atoms with E-state index in [1.807, 2.05) is 41.8 Å². The molecule has 0 fully saturated rings. The molecule has 1 aliphatic rings. The number of carbonyl (C=O) groups excluding carboxylic acids is 2. The summed E-state index contributed by atoms with van der Waals surface area (Å²) < 4.78 is 12.5. The fourth-order valence-electron chi connectivity index (χ4n) is 4.25. The molecule has 0 bridgehead atoms. The number of benzene rings is 1. The van der Waals surface area contributed by atoms with E-state index in [0.717, 1.165) is 25.8 Å². The number of hydrogen-bond acceptors (Lipinski definition) is 6. The van der Waals surface area contributed by atoms with Crippen LogP contribution in [0.15, 0.2) is 18.2 Å². The van der Waals surface area contributed by atoms with Crippen LogP contribution in [0.5, 0.6) is 5.75 Å². The van der Waals surface area contributed by atoms with Crippen molar-refractivity contribution in [2.24, 2.45) is 5.92 Å². The molecule has 1 aromatic carbocycles. The van der Waals surface area contributed by atoms with Crippen LogP contribution in [0.1, 0.15) is 64.2 Å². The van der Waals surface area contributed by atoms with Gasteiger partial charge in [-0.1, -0.05) is 6.92 Å². The molecule has 0 unspecified atom stereocenters. The summed E-state index contributed by atoms with van der Waals surface area (Å²) in [5.41, 5.74) is 0.856. The van der Waals surface area contributed by atoms with Crippen molar-refractivity contribution < 1.29 is 24.2 Å². The van der Waals surface area contributed by atoms with Gasteiger partial charge in [0.15, 0.2) is 0 Å². The lowest BCUT2D eigenvalue weighted by molar-refractivity contribution is -0.0137. The number of anilines is 1. The van der Waals surface area contributed by atoms with E-state index < -0.39 is 6.04 Å². The summed E-state index contributed by atoms with van der Waals surface area (Å²) in [4.78, 5) is 30.0. The Balaban J connectivity index is 2.46. The minimum Gasteiger partial charge on any atom is -0.490 e. The number of aliphatic hydroxyl groups excluding tert-OH is 1. The van der Waals surface area contributed by atoms with Gasteiger partial charge in [-0.05, 0) is 79.3 Å². The summed E-state index contributed by atoms with van der Waals surface area (Å²) in [5, 5.41) is 15.6. The van der Waals surface area contributed by atoms with Crippen LogP contribution in [0.4, 0.5) is 10.5 Å². The van der Waals surface area contributed by atoms with Gasteiger partial charge < -0.3 is 35.0 Å². The molecule has 2 rings (SSSR count). The van der Waals surface area contributed by atoms with Crippen molar-refractivity contribution in [3.63, 3.8) is 0 Å². The summed E-state index contributed by atoms with van der Waals surface area (Å²) in [6.07, 6.45) is 2.57. The Morgan fingerprint density at radius 1 is 1.22 bits per heavy atom. The molecule has 0 aliphatic carbocycles. The van der Waals surface area contributed by atoms with E-state index in [-0.39, 0.29) is 42.7 Å². The molecule has 1 heterocycles. The molecule has 204 valence electrons. The zero-order valence-corrected chi connectivity index (χ0v) is 23.0. The fourth-order valence-corrected chi connectivity index (χ4v) is 4.25. The summed E-state index contributed by atoms with van der Waals surface area (Å²) in [7, 11) is 4.03. The smallest absolute Gasteiger partial charge is 0.319 e. The number of urea groups is 1. The van der Waals surface area contributed by atoms with Gasteiger partial charge in [-0.3, -0.25) is 4.79 Å². The second kappa shape index (κ2) is 14.4. The number of ether oxygens (including phenoxy) is 2. The van der Waals surface area contributed by atoms with Crippen LogP contribution in [0, 0.1) is 5.92 Å². The average Bonchev–Trinajstić information content (AvgIpc) is 2.80. The van der Waals surface area contributed by atoms with Gasteiger partial charge in [0, 0.05) is 37.3 Å². The van der Waals surface area contributed by atoms with Crippen LogP contribution in [-0.4, -0.2) is 91.5 Å². The Morgan fingerprint density at radius 2 is 1.94 bits per heavy atom. The van der Waals surface area contributed by atoms with Crippen molar-refractivity contribution in [3.8, 4) is 5.75 Å². The molecule has 1 aliphatic heterocycles. The molecule has 4 atom stereocenters. The Bertz CT molecular complexity index is 847. The lowest BCUT2D eigenvalue weighted by atomic mass is 10.0. The first kappa shape index (κ1) is 29.9. The van der Waals surface area contributed by atoms with Crippen LogP contribution in [0.3, 0.4) is 0 Å². The monoisotopic (exact) mass is 506 g/mol. The molecular formula is C27H46N4O5. The third kappa shape index (κ3) is 9.26. The highest BCUT2D eigenvalue weighted by molar-refractivity contribution is 5.99. The number of aliphatic hydroxyl groups is 1. The highest BCUT2D eigenvalue weighted by Gasteiger charge is 2.30. The average molecular weight is 507 g/mol. The molecule has 0 saturated heterocycles. The first-order chi connectivity index (χ1) is 17.0. The minimum absolute atomic E-state index is 0.0205. The Hall–Kier alpha value is -2.36. The number of amides is 3. The van der Waals surface area contributed by atoms with Gasteiger partial charge in [-0.2, -0.15) is 0 Å². The normalized spacial score (nSPS) is 23.0. The van der Waals surface area contributed by atoms with Crippen LogP contribution < -0.4 is 15.4 Å². The SMILES string of the molecule is CC(C)NC(=O)Nc1ccc2c(c1)C(=O)N([C@@H](C)CO)C[C@@H](C)[C@@H](CN(C)C)OCCCC[C@H](C)O2. The Labute approximate surface area is 216 Å². The molecule has 0 aromatic heterocycles. The van der Waals surface area contributed by atoms with E-state index in [4.69, 9.17) is 9.47 Å². The van der Waals surface area contributed by atoms with E-state index in [0.29, 0.717) is 30.2 Å². The van der Waals surface area contributed by atoms with Crippen molar-refractivity contribution in [3.05, 3.63) is 23.8 Å². The van der Waals surface area contributed by atoms with Crippen LogP contribution in [0.25, 0.3) is 0 Å². The van der Waals surface area contributed by atoms with Crippen molar-refractivity contribution in [1.82, 2.24) is 15.1 Å². The Morgan fingerprint density at radius 3 is 2.58 bits per heavy atom. The molecule has 0 spiro atoms. The highest BCUT2D eigenvalue weighted by atomic mass is 16.5. The fraction of sp³-hybridized carbons (Fsp3) is 0.704. The summed E-state index contributed by atoms with van der Waals surface area (Å²) in [6.45, 7) is 11.3. The molecule has 0 saturated carbocycles. The second-order valence-electron chi connectivity index (χ2n) is 10.5. The first-order valence-electron chi connectivity index (χ1n) is 13.1. The summed E-state index contributed by atoms with van der Waals surface area (Å²) in [5.74, 6) is 0.261. The zero-order chi connectivity index (χ0) is 26.8. The van der Waals surface area contributed by atoms with Crippen molar-refractivity contribution >= 4 is 17.6 Å². The van der Waals surface area contributed by atoms with Crippen LogP contribution in [-0.2, 0) is 4.74 Å². The van der Waals surface area contributed by atoms with E-state index in [2.05, 4.69) is 22.5 Å². The summed E-state index contributed by atoms with van der Waals surface area (Å²) in [6, 6.07) is 4.37. The number of likely N-dealkylation sites (N-methyl/N-ethyl adjacent to an activating group) is 1. The van der Waals surface area contributed by atoms with Gasteiger partial charge >= 0.3 is 6.03 Å². The zero-order valence-electron chi connectivity index (χ0n) is 23.0.